The van der Waals surface area contributed by atoms with Crippen LogP contribution in [0.2, 0.25) is 0 Å². The summed E-state index contributed by atoms with van der Waals surface area (Å²) in [6.07, 6.45) is 1.72. The highest BCUT2D eigenvalue weighted by molar-refractivity contribution is 5.39. The lowest BCUT2D eigenvalue weighted by Crippen LogP contribution is -2.06. The summed E-state index contributed by atoms with van der Waals surface area (Å²) in [7, 11) is 1.63. The van der Waals surface area contributed by atoms with Gasteiger partial charge < -0.3 is 14.8 Å². The molecule has 5 heteroatoms. The van der Waals surface area contributed by atoms with Crippen molar-refractivity contribution in [2.45, 2.75) is 20.1 Å². The maximum Gasteiger partial charge on any atom is 0.156 e. The number of para-hydroxylation sites is 1. The Hall–Kier alpha value is -2.14. The maximum absolute atomic E-state index is 5.59. The van der Waals surface area contributed by atoms with Crippen molar-refractivity contribution in [3.8, 4) is 5.75 Å². The fourth-order valence-electron chi connectivity index (χ4n) is 1.83. The summed E-state index contributed by atoms with van der Waals surface area (Å²) in [5, 5.41) is 3.27. The molecule has 106 valence electrons. The van der Waals surface area contributed by atoms with Crippen LogP contribution < -0.4 is 10.1 Å². The number of ether oxygens (including phenoxy) is 2. The first kappa shape index (κ1) is 14.3. The van der Waals surface area contributed by atoms with Gasteiger partial charge in [-0.15, -0.1) is 0 Å². The van der Waals surface area contributed by atoms with Gasteiger partial charge in [-0.3, -0.25) is 0 Å². The second-order valence-corrected chi connectivity index (χ2v) is 4.19. The molecule has 1 heterocycles. The first-order chi connectivity index (χ1) is 9.83. The lowest BCUT2D eigenvalue weighted by Gasteiger charge is -2.11. The zero-order valence-electron chi connectivity index (χ0n) is 11.8. The normalized spacial score (nSPS) is 10.3. The van der Waals surface area contributed by atoms with Crippen LogP contribution in [0.4, 0.5) is 5.82 Å². The zero-order chi connectivity index (χ0) is 14.2. The Kier molecular flexibility index (Phi) is 5.32. The van der Waals surface area contributed by atoms with Gasteiger partial charge in [-0.2, -0.15) is 0 Å². The van der Waals surface area contributed by atoms with Gasteiger partial charge >= 0.3 is 0 Å². The number of rotatable bonds is 7. The van der Waals surface area contributed by atoms with Gasteiger partial charge in [0.05, 0.1) is 6.61 Å². The predicted octanol–water partition coefficient (Wildman–Crippen LogP) is 2.63. The van der Waals surface area contributed by atoms with Crippen LogP contribution in [0.15, 0.2) is 36.5 Å². The molecule has 0 aliphatic carbocycles. The number of nitrogens with zero attached hydrogens (tertiary/aromatic N) is 2. The molecule has 1 aromatic carbocycles. The van der Waals surface area contributed by atoms with Crippen molar-refractivity contribution in [2.75, 3.05) is 19.0 Å². The molecule has 0 atom stereocenters. The maximum atomic E-state index is 5.59. The van der Waals surface area contributed by atoms with Crippen molar-refractivity contribution in [3.63, 3.8) is 0 Å². The molecule has 0 spiro atoms. The van der Waals surface area contributed by atoms with Gasteiger partial charge in [0.15, 0.2) is 5.82 Å². The van der Waals surface area contributed by atoms with Crippen LogP contribution in [-0.4, -0.2) is 23.7 Å². The van der Waals surface area contributed by atoms with Crippen molar-refractivity contribution >= 4 is 5.82 Å². The van der Waals surface area contributed by atoms with Crippen molar-refractivity contribution in [3.05, 3.63) is 47.9 Å². The first-order valence-electron chi connectivity index (χ1n) is 6.59. The van der Waals surface area contributed by atoms with Crippen LogP contribution in [0.3, 0.4) is 0 Å². The lowest BCUT2D eigenvalue weighted by atomic mass is 10.2. The Balaban J connectivity index is 2.03. The Morgan fingerprint density at radius 2 is 2.05 bits per heavy atom. The molecule has 0 aliphatic rings. The van der Waals surface area contributed by atoms with Crippen LogP contribution in [0.5, 0.6) is 5.75 Å². The molecule has 1 aromatic heterocycles. The van der Waals surface area contributed by atoms with Gasteiger partial charge in [-0.05, 0) is 19.1 Å². The van der Waals surface area contributed by atoms with Crippen LogP contribution in [0, 0.1) is 0 Å². The molecule has 0 fully saturated rings. The van der Waals surface area contributed by atoms with Gasteiger partial charge in [-0.25, -0.2) is 9.97 Å². The van der Waals surface area contributed by atoms with E-state index in [0.29, 0.717) is 25.6 Å². The van der Waals surface area contributed by atoms with Crippen LogP contribution in [0.1, 0.15) is 18.3 Å². The third-order valence-electron chi connectivity index (χ3n) is 2.71. The van der Waals surface area contributed by atoms with E-state index >= 15 is 0 Å². The van der Waals surface area contributed by atoms with Crippen LogP contribution in [0.25, 0.3) is 0 Å². The van der Waals surface area contributed by atoms with E-state index in [2.05, 4.69) is 15.3 Å². The van der Waals surface area contributed by atoms with Gasteiger partial charge in [0.25, 0.3) is 0 Å². The van der Waals surface area contributed by atoms with Crippen LogP contribution in [-0.2, 0) is 17.9 Å². The average Bonchev–Trinajstić information content (AvgIpc) is 2.47. The minimum Gasteiger partial charge on any atom is -0.494 e. The molecule has 0 bridgehead atoms. The number of nitrogens with one attached hydrogen (secondary N) is 1. The predicted molar refractivity (Wildman–Crippen MR) is 77.7 cm³/mol. The summed E-state index contributed by atoms with van der Waals surface area (Å²) in [5.74, 6) is 2.34. The Morgan fingerprint density at radius 1 is 1.20 bits per heavy atom. The molecule has 5 nitrogen and oxygen atoms in total. The standard InChI is InChI=1S/C15H19N3O2/c1-3-20-13-7-5-4-6-12(13)10-17-14-8-9-16-15(18-14)11-19-2/h4-9H,3,10-11H2,1-2H3,(H,16,17,18). The second kappa shape index (κ2) is 7.45. The number of benzene rings is 1. The van der Waals surface area contributed by atoms with Crippen molar-refractivity contribution in [1.82, 2.24) is 9.97 Å². The molecule has 1 N–H and O–H groups in total. The first-order valence-corrected chi connectivity index (χ1v) is 6.59. The molecule has 0 radical (unpaired) electrons. The van der Waals surface area contributed by atoms with Gasteiger partial charge in [0.2, 0.25) is 0 Å². The quantitative estimate of drug-likeness (QED) is 0.840. The molecular formula is C15H19N3O2. The highest BCUT2D eigenvalue weighted by Crippen LogP contribution is 2.19. The third kappa shape index (κ3) is 3.93. The molecule has 0 aliphatic heterocycles. The topological polar surface area (TPSA) is 56.3 Å². The van der Waals surface area contributed by atoms with Gasteiger partial charge in [-0.1, -0.05) is 18.2 Å². The fraction of sp³-hybridized carbons (Fsp3) is 0.333. The molecule has 0 unspecified atom stereocenters. The molecule has 0 saturated heterocycles. The molecule has 2 aromatic rings. The van der Waals surface area contributed by atoms with Gasteiger partial charge in [0.1, 0.15) is 18.2 Å². The SMILES string of the molecule is CCOc1ccccc1CNc1ccnc(COC)n1. The van der Waals surface area contributed by atoms with Crippen molar-refractivity contribution < 1.29 is 9.47 Å². The molecule has 0 saturated carbocycles. The van der Waals surface area contributed by atoms with E-state index in [1.165, 1.54) is 0 Å². The Bertz CT molecular complexity index is 546. The van der Waals surface area contributed by atoms with E-state index in [1.54, 1.807) is 13.3 Å². The Morgan fingerprint density at radius 3 is 2.85 bits per heavy atom. The minimum atomic E-state index is 0.408. The number of anilines is 1. The molecular weight excluding hydrogens is 254 g/mol. The van der Waals surface area contributed by atoms with E-state index in [9.17, 15) is 0 Å². The highest BCUT2D eigenvalue weighted by Gasteiger charge is 2.03. The average molecular weight is 273 g/mol. The summed E-state index contributed by atoms with van der Waals surface area (Å²) >= 11 is 0. The van der Waals surface area contributed by atoms with Crippen molar-refractivity contribution in [1.29, 1.82) is 0 Å². The monoisotopic (exact) mass is 273 g/mol. The minimum absolute atomic E-state index is 0.408. The van der Waals surface area contributed by atoms with Crippen molar-refractivity contribution in [2.24, 2.45) is 0 Å². The Labute approximate surface area is 119 Å². The number of aromatic nitrogens is 2. The van der Waals surface area contributed by atoms with E-state index in [4.69, 9.17) is 9.47 Å². The summed E-state index contributed by atoms with van der Waals surface area (Å²) in [4.78, 5) is 8.50. The molecule has 20 heavy (non-hydrogen) atoms. The van der Waals surface area contributed by atoms with Crippen LogP contribution >= 0.6 is 0 Å². The third-order valence-corrected chi connectivity index (χ3v) is 2.71. The van der Waals surface area contributed by atoms with E-state index in [0.717, 1.165) is 17.1 Å². The zero-order valence-corrected chi connectivity index (χ0v) is 11.8. The summed E-state index contributed by atoms with van der Waals surface area (Å²) in [6.45, 7) is 3.69. The summed E-state index contributed by atoms with van der Waals surface area (Å²) in [5.41, 5.74) is 1.10. The highest BCUT2D eigenvalue weighted by atomic mass is 16.5. The number of hydrogen-bond donors (Lipinski definition) is 1. The van der Waals surface area contributed by atoms with E-state index in [1.807, 2.05) is 37.3 Å². The summed E-state index contributed by atoms with van der Waals surface area (Å²) < 4.78 is 10.6. The van der Waals surface area contributed by atoms with E-state index in [-0.39, 0.29) is 0 Å². The smallest absolute Gasteiger partial charge is 0.156 e. The lowest BCUT2D eigenvalue weighted by molar-refractivity contribution is 0.178. The van der Waals surface area contributed by atoms with Gasteiger partial charge in [0, 0.05) is 25.4 Å². The second-order valence-electron chi connectivity index (χ2n) is 4.19. The fourth-order valence-corrected chi connectivity index (χ4v) is 1.83. The number of methoxy groups -OCH3 is 1. The molecule has 2 rings (SSSR count). The number of hydrogen-bond acceptors (Lipinski definition) is 5. The van der Waals surface area contributed by atoms with E-state index < -0.39 is 0 Å². The summed E-state index contributed by atoms with van der Waals surface area (Å²) in [6, 6.07) is 9.81. The molecule has 0 amide bonds. The largest absolute Gasteiger partial charge is 0.494 e.